The predicted molar refractivity (Wildman–Crippen MR) is 85.7 cm³/mol. The molecule has 1 aromatic heterocycles. The summed E-state index contributed by atoms with van der Waals surface area (Å²) in [6.07, 6.45) is 4.90. The fourth-order valence-electron chi connectivity index (χ4n) is 2.58. The molecule has 4 nitrogen and oxygen atoms in total. The molecule has 1 saturated carbocycles. The topological polar surface area (TPSA) is 71.2 Å². The van der Waals surface area contributed by atoms with Crippen LogP contribution in [-0.4, -0.2) is 23.2 Å². The number of halogens is 1. The van der Waals surface area contributed by atoms with Crippen LogP contribution in [0, 0.1) is 5.41 Å². The molecule has 0 atom stereocenters. The zero-order valence-corrected chi connectivity index (χ0v) is 12.8. The second-order valence-corrected chi connectivity index (χ2v) is 6.49. The first-order chi connectivity index (χ1) is 9.63. The minimum atomic E-state index is 0.250. The fourth-order valence-corrected chi connectivity index (χ4v) is 2.94. The molecule has 0 unspecified atom stereocenters. The number of nitrogens with one attached hydrogen (secondary N) is 1. The van der Waals surface area contributed by atoms with E-state index in [1.165, 1.54) is 12.8 Å². The van der Waals surface area contributed by atoms with Crippen molar-refractivity contribution in [3.05, 3.63) is 28.9 Å². The first kappa shape index (κ1) is 13.6. The Balaban J connectivity index is 1.90. The number of hydrogen-bond acceptors (Lipinski definition) is 4. The van der Waals surface area contributed by atoms with Crippen LogP contribution in [0.15, 0.2) is 28.9 Å². The Morgan fingerprint density at radius 2 is 2.20 bits per heavy atom. The number of nitrogens with two attached hydrogens (primary N) is 1. The van der Waals surface area contributed by atoms with E-state index in [2.05, 4.69) is 26.2 Å². The number of aliphatic hydroxyl groups is 1. The number of hydrogen-bond donors (Lipinski definition) is 3. The smallest absolute Gasteiger partial charge is 0.0743 e. The maximum atomic E-state index is 9.13. The first-order valence-corrected chi connectivity index (χ1v) is 7.61. The highest BCUT2D eigenvalue weighted by atomic mass is 79.9. The highest BCUT2D eigenvalue weighted by molar-refractivity contribution is 9.10. The molecule has 0 saturated heterocycles. The largest absolute Gasteiger partial charge is 0.396 e. The second kappa shape index (κ2) is 5.22. The number of aromatic nitrogens is 1. The summed E-state index contributed by atoms with van der Waals surface area (Å²) in [5.74, 6) is 0. The number of pyridine rings is 1. The van der Waals surface area contributed by atoms with E-state index in [1.54, 1.807) is 6.20 Å². The van der Waals surface area contributed by atoms with E-state index in [0.29, 0.717) is 5.69 Å². The van der Waals surface area contributed by atoms with Gasteiger partial charge >= 0.3 is 0 Å². The van der Waals surface area contributed by atoms with Crippen LogP contribution in [0.3, 0.4) is 0 Å². The van der Waals surface area contributed by atoms with Crippen molar-refractivity contribution in [3.8, 4) is 0 Å². The van der Waals surface area contributed by atoms with Crippen molar-refractivity contribution in [3.63, 3.8) is 0 Å². The summed E-state index contributed by atoms with van der Waals surface area (Å²) in [5, 5.41) is 13.6. The Kier molecular flexibility index (Phi) is 3.56. The summed E-state index contributed by atoms with van der Waals surface area (Å²) in [6.45, 7) is 1.10. The van der Waals surface area contributed by atoms with Crippen LogP contribution < -0.4 is 11.1 Å². The Labute approximate surface area is 126 Å². The maximum absolute atomic E-state index is 9.13. The average molecular weight is 336 g/mol. The summed E-state index contributed by atoms with van der Waals surface area (Å²) >= 11 is 3.49. The predicted octanol–water partition coefficient (Wildman–Crippen LogP) is 3.15. The number of nitrogens with zero attached hydrogens (tertiary/aromatic N) is 1. The van der Waals surface area contributed by atoms with Crippen molar-refractivity contribution in [1.29, 1.82) is 0 Å². The molecule has 0 aliphatic heterocycles. The lowest BCUT2D eigenvalue weighted by molar-refractivity contribution is 0.253. The van der Waals surface area contributed by atoms with Gasteiger partial charge in [-0.2, -0.15) is 0 Å². The Morgan fingerprint density at radius 1 is 1.40 bits per heavy atom. The molecule has 0 amide bonds. The summed E-state index contributed by atoms with van der Waals surface area (Å²) in [7, 11) is 0. The maximum Gasteiger partial charge on any atom is 0.0743 e. The van der Waals surface area contributed by atoms with Crippen LogP contribution in [0.5, 0.6) is 0 Å². The molecule has 5 heteroatoms. The van der Waals surface area contributed by atoms with Gasteiger partial charge in [0.25, 0.3) is 0 Å². The molecule has 0 spiro atoms. The summed E-state index contributed by atoms with van der Waals surface area (Å²) < 4.78 is 1.01. The molecule has 20 heavy (non-hydrogen) atoms. The van der Waals surface area contributed by atoms with E-state index in [4.69, 9.17) is 10.8 Å². The molecule has 1 heterocycles. The minimum Gasteiger partial charge on any atom is -0.396 e. The van der Waals surface area contributed by atoms with Crippen LogP contribution in [-0.2, 0) is 0 Å². The average Bonchev–Trinajstić information content (AvgIpc) is 3.18. The van der Waals surface area contributed by atoms with E-state index in [0.717, 1.165) is 34.0 Å². The lowest BCUT2D eigenvalue weighted by Crippen LogP contribution is -2.17. The highest BCUT2D eigenvalue weighted by Crippen LogP contribution is 2.49. The third kappa shape index (κ3) is 2.60. The van der Waals surface area contributed by atoms with E-state index >= 15 is 0 Å². The van der Waals surface area contributed by atoms with Crippen molar-refractivity contribution >= 4 is 38.2 Å². The van der Waals surface area contributed by atoms with Gasteiger partial charge in [-0.1, -0.05) is 15.9 Å². The molecule has 1 fully saturated rings. The molecule has 106 valence electrons. The molecule has 0 bridgehead atoms. The Hall–Kier alpha value is -1.33. The molecular formula is C15H18BrN3O. The summed E-state index contributed by atoms with van der Waals surface area (Å²) in [4.78, 5) is 4.35. The van der Waals surface area contributed by atoms with E-state index < -0.39 is 0 Å². The van der Waals surface area contributed by atoms with Gasteiger partial charge in [0.15, 0.2) is 0 Å². The van der Waals surface area contributed by atoms with Gasteiger partial charge in [-0.15, -0.1) is 0 Å². The molecule has 3 rings (SSSR count). The van der Waals surface area contributed by atoms with E-state index in [-0.39, 0.29) is 12.0 Å². The summed E-state index contributed by atoms with van der Waals surface area (Å²) in [6, 6.07) is 5.99. The quantitative estimate of drug-likeness (QED) is 0.784. The van der Waals surface area contributed by atoms with Gasteiger partial charge in [-0.25, -0.2) is 0 Å². The zero-order valence-electron chi connectivity index (χ0n) is 11.2. The van der Waals surface area contributed by atoms with Crippen molar-refractivity contribution < 1.29 is 5.11 Å². The number of rotatable bonds is 5. The minimum absolute atomic E-state index is 0.250. The number of nitrogen functional groups attached to an aromatic ring is 1. The standard InChI is InChI=1S/C15H18BrN3O/c16-10-1-2-13-11(7-10)14(12(17)8-18-13)19-9-15(3-4-15)5-6-20/h1-2,7-8,20H,3-6,9,17H2,(H,18,19). The van der Waals surface area contributed by atoms with Crippen LogP contribution in [0.25, 0.3) is 10.9 Å². The molecular weight excluding hydrogens is 318 g/mol. The lowest BCUT2D eigenvalue weighted by Gasteiger charge is -2.18. The highest BCUT2D eigenvalue weighted by Gasteiger charge is 2.41. The monoisotopic (exact) mass is 335 g/mol. The molecule has 0 radical (unpaired) electrons. The number of anilines is 2. The fraction of sp³-hybridized carbons (Fsp3) is 0.400. The normalized spacial score (nSPS) is 16.3. The van der Waals surface area contributed by atoms with Crippen LogP contribution in [0.1, 0.15) is 19.3 Å². The van der Waals surface area contributed by atoms with Crippen LogP contribution in [0.2, 0.25) is 0 Å². The third-order valence-corrected chi connectivity index (χ3v) is 4.59. The number of benzene rings is 1. The molecule has 4 N–H and O–H groups in total. The molecule has 1 aliphatic carbocycles. The molecule has 1 aliphatic rings. The SMILES string of the molecule is Nc1cnc2ccc(Br)cc2c1NCC1(CCO)CC1. The van der Waals surface area contributed by atoms with Crippen molar-refractivity contribution in [2.75, 3.05) is 24.2 Å². The van der Waals surface area contributed by atoms with Gasteiger partial charge in [0.1, 0.15) is 0 Å². The Morgan fingerprint density at radius 3 is 2.90 bits per heavy atom. The Bertz CT molecular complexity index is 635. The van der Waals surface area contributed by atoms with Crippen LogP contribution >= 0.6 is 15.9 Å². The third-order valence-electron chi connectivity index (χ3n) is 4.10. The van der Waals surface area contributed by atoms with Gasteiger partial charge in [0, 0.05) is 23.0 Å². The molecule has 2 aromatic rings. The first-order valence-electron chi connectivity index (χ1n) is 6.82. The van der Waals surface area contributed by atoms with Gasteiger partial charge in [0.2, 0.25) is 0 Å². The zero-order chi connectivity index (χ0) is 14.2. The second-order valence-electron chi connectivity index (χ2n) is 5.58. The van der Waals surface area contributed by atoms with E-state index in [1.807, 2.05) is 18.2 Å². The van der Waals surface area contributed by atoms with Crippen LogP contribution in [0.4, 0.5) is 11.4 Å². The number of fused-ring (bicyclic) bond motifs is 1. The molecule has 1 aromatic carbocycles. The van der Waals surface area contributed by atoms with Gasteiger partial charge < -0.3 is 16.2 Å². The van der Waals surface area contributed by atoms with Crippen molar-refractivity contribution in [2.45, 2.75) is 19.3 Å². The van der Waals surface area contributed by atoms with E-state index in [9.17, 15) is 0 Å². The number of aliphatic hydroxyl groups excluding tert-OH is 1. The van der Waals surface area contributed by atoms with Gasteiger partial charge in [-0.05, 0) is 42.9 Å². The van der Waals surface area contributed by atoms with Crippen molar-refractivity contribution in [1.82, 2.24) is 4.98 Å². The van der Waals surface area contributed by atoms with Crippen molar-refractivity contribution in [2.24, 2.45) is 5.41 Å². The van der Waals surface area contributed by atoms with Gasteiger partial charge in [-0.3, -0.25) is 4.98 Å². The van der Waals surface area contributed by atoms with Gasteiger partial charge in [0.05, 0.1) is 23.1 Å². The lowest BCUT2D eigenvalue weighted by atomic mass is 10.0. The summed E-state index contributed by atoms with van der Waals surface area (Å²) in [5.41, 5.74) is 8.86.